The third-order valence-electron chi connectivity index (χ3n) is 4.69. The average Bonchev–Trinajstić information content (AvgIpc) is 2.49. The fourth-order valence-electron chi connectivity index (χ4n) is 3.54. The maximum atomic E-state index is 13.6. The van der Waals surface area contributed by atoms with Gasteiger partial charge in [-0.3, -0.25) is 0 Å². The Kier molecular flexibility index (Phi) is 4.20. The van der Waals surface area contributed by atoms with Crippen LogP contribution in [0.5, 0.6) is 0 Å². The monoisotopic (exact) mass is 292 g/mol. The van der Waals surface area contributed by atoms with E-state index in [4.69, 9.17) is 12.2 Å². The maximum absolute atomic E-state index is 13.6. The first-order chi connectivity index (χ1) is 9.74. The summed E-state index contributed by atoms with van der Waals surface area (Å²) >= 11 is 5.46. The molecule has 1 heterocycles. The fourth-order valence-corrected chi connectivity index (χ4v) is 3.82. The number of halogens is 1. The first-order valence-electron chi connectivity index (χ1n) is 7.54. The molecule has 0 aromatic heterocycles. The Hall–Kier alpha value is -1.16. The van der Waals surface area contributed by atoms with Crippen molar-refractivity contribution in [2.24, 2.45) is 11.8 Å². The van der Waals surface area contributed by atoms with Gasteiger partial charge in [0.05, 0.1) is 5.69 Å². The second kappa shape index (κ2) is 6.08. The van der Waals surface area contributed by atoms with Gasteiger partial charge in [0.15, 0.2) is 5.11 Å². The molecule has 4 heteroatoms. The minimum absolute atomic E-state index is 0.248. The molecule has 2 fully saturated rings. The zero-order valence-electron chi connectivity index (χ0n) is 11.6. The van der Waals surface area contributed by atoms with E-state index in [0.29, 0.717) is 10.8 Å². The number of rotatable bonds is 1. The van der Waals surface area contributed by atoms with Crippen molar-refractivity contribution in [3.05, 3.63) is 30.1 Å². The fraction of sp³-hybridized carbons (Fsp3) is 0.562. The van der Waals surface area contributed by atoms with Crippen LogP contribution in [0.4, 0.5) is 10.1 Å². The number of para-hydroxylation sites is 1. The minimum Gasteiger partial charge on any atom is -0.349 e. The lowest BCUT2D eigenvalue weighted by Gasteiger charge is -2.42. The number of thiocarbonyl (C=S) groups is 1. The molecule has 2 nitrogen and oxygen atoms in total. The van der Waals surface area contributed by atoms with Crippen LogP contribution in [0.25, 0.3) is 0 Å². The van der Waals surface area contributed by atoms with E-state index in [0.717, 1.165) is 24.9 Å². The predicted octanol–water partition coefficient (Wildman–Crippen LogP) is 4.03. The standard InChI is InChI=1S/C16H21FN2S/c17-14-7-3-4-8-15(14)18-16(20)19-10-9-12-5-1-2-6-13(12)11-19/h3-4,7-8,12-13H,1-2,5-6,9-11H2,(H,18,20)/t12-,13+/m1/s1. The second-order valence-electron chi connectivity index (χ2n) is 5.95. The Bertz CT molecular complexity index is 491. The van der Waals surface area contributed by atoms with Crippen LogP contribution >= 0.6 is 12.2 Å². The smallest absolute Gasteiger partial charge is 0.173 e. The van der Waals surface area contributed by atoms with E-state index < -0.39 is 0 Å². The van der Waals surface area contributed by atoms with Gasteiger partial charge in [-0.25, -0.2) is 4.39 Å². The van der Waals surface area contributed by atoms with Crippen molar-refractivity contribution in [3.63, 3.8) is 0 Å². The van der Waals surface area contributed by atoms with Gasteiger partial charge in [0, 0.05) is 13.1 Å². The highest BCUT2D eigenvalue weighted by molar-refractivity contribution is 7.80. The summed E-state index contributed by atoms with van der Waals surface area (Å²) in [5.74, 6) is 1.41. The zero-order valence-corrected chi connectivity index (χ0v) is 12.5. The lowest BCUT2D eigenvalue weighted by molar-refractivity contribution is 0.131. The van der Waals surface area contributed by atoms with Crippen LogP contribution in [0.1, 0.15) is 32.1 Å². The number of anilines is 1. The molecule has 1 aromatic carbocycles. The zero-order chi connectivity index (χ0) is 13.9. The summed E-state index contributed by atoms with van der Waals surface area (Å²) in [4.78, 5) is 2.22. The largest absolute Gasteiger partial charge is 0.349 e. The topological polar surface area (TPSA) is 15.3 Å². The van der Waals surface area contributed by atoms with Crippen molar-refractivity contribution in [3.8, 4) is 0 Å². The number of nitrogens with one attached hydrogen (secondary N) is 1. The minimum atomic E-state index is -0.248. The number of benzene rings is 1. The van der Waals surface area contributed by atoms with Crippen LogP contribution in [0.15, 0.2) is 24.3 Å². The van der Waals surface area contributed by atoms with Gasteiger partial charge in [-0.2, -0.15) is 0 Å². The van der Waals surface area contributed by atoms with Gasteiger partial charge in [0.1, 0.15) is 5.82 Å². The third-order valence-corrected chi connectivity index (χ3v) is 5.05. The van der Waals surface area contributed by atoms with Crippen molar-refractivity contribution < 1.29 is 4.39 Å². The van der Waals surface area contributed by atoms with Crippen LogP contribution < -0.4 is 5.32 Å². The number of piperidine rings is 1. The van der Waals surface area contributed by atoms with Crippen molar-refractivity contribution in [2.75, 3.05) is 18.4 Å². The second-order valence-corrected chi connectivity index (χ2v) is 6.34. The van der Waals surface area contributed by atoms with E-state index in [-0.39, 0.29) is 5.82 Å². The van der Waals surface area contributed by atoms with Crippen LogP contribution in [0, 0.1) is 17.7 Å². The summed E-state index contributed by atoms with van der Waals surface area (Å²) in [6, 6.07) is 6.70. The number of hydrogen-bond donors (Lipinski definition) is 1. The lowest BCUT2D eigenvalue weighted by Crippen LogP contribution is -2.46. The van der Waals surface area contributed by atoms with Gasteiger partial charge in [-0.15, -0.1) is 0 Å². The predicted molar refractivity (Wildman–Crippen MR) is 84.3 cm³/mol. The number of hydrogen-bond acceptors (Lipinski definition) is 1. The van der Waals surface area contributed by atoms with Gasteiger partial charge in [0.2, 0.25) is 0 Å². The molecule has 1 aliphatic heterocycles. The summed E-state index contributed by atoms with van der Waals surface area (Å²) in [6.07, 6.45) is 6.67. The normalized spacial score (nSPS) is 25.9. The Balaban J connectivity index is 1.62. The highest BCUT2D eigenvalue weighted by Gasteiger charge is 2.31. The van der Waals surface area contributed by atoms with Gasteiger partial charge >= 0.3 is 0 Å². The SMILES string of the molecule is Fc1ccccc1NC(=S)N1CC[C@H]2CCCC[C@H]2C1. The van der Waals surface area contributed by atoms with E-state index in [2.05, 4.69) is 10.2 Å². The quantitative estimate of drug-likeness (QED) is 0.787. The van der Waals surface area contributed by atoms with Crippen LogP contribution in [0.2, 0.25) is 0 Å². The molecule has 108 valence electrons. The molecular weight excluding hydrogens is 271 g/mol. The van der Waals surface area contributed by atoms with Crippen LogP contribution in [0.3, 0.4) is 0 Å². The molecule has 0 unspecified atom stereocenters. The first kappa shape index (κ1) is 13.8. The number of fused-ring (bicyclic) bond motifs is 1. The van der Waals surface area contributed by atoms with Gasteiger partial charge < -0.3 is 10.2 Å². The van der Waals surface area contributed by atoms with Crippen LogP contribution in [-0.2, 0) is 0 Å². The Morgan fingerprint density at radius 1 is 1.15 bits per heavy atom. The Morgan fingerprint density at radius 2 is 1.90 bits per heavy atom. The van der Waals surface area contributed by atoms with E-state index in [1.165, 1.54) is 38.2 Å². The van der Waals surface area contributed by atoms with E-state index in [1.54, 1.807) is 12.1 Å². The highest BCUT2D eigenvalue weighted by Crippen LogP contribution is 2.36. The molecule has 0 spiro atoms. The number of likely N-dealkylation sites (tertiary alicyclic amines) is 1. The van der Waals surface area contributed by atoms with E-state index in [9.17, 15) is 4.39 Å². The summed E-state index contributed by atoms with van der Waals surface area (Å²) in [5.41, 5.74) is 0.475. The number of nitrogens with zero attached hydrogens (tertiary/aromatic N) is 1. The van der Waals surface area contributed by atoms with Crippen molar-refractivity contribution in [1.82, 2.24) is 4.90 Å². The molecule has 20 heavy (non-hydrogen) atoms. The molecule has 1 N–H and O–H groups in total. The third kappa shape index (κ3) is 2.95. The van der Waals surface area contributed by atoms with Crippen LogP contribution in [-0.4, -0.2) is 23.1 Å². The Labute approximate surface area is 125 Å². The van der Waals surface area contributed by atoms with Gasteiger partial charge in [-0.05, 0) is 49.0 Å². The van der Waals surface area contributed by atoms with Crippen molar-refractivity contribution in [1.29, 1.82) is 0 Å². The first-order valence-corrected chi connectivity index (χ1v) is 7.95. The van der Waals surface area contributed by atoms with E-state index in [1.807, 2.05) is 6.07 Å². The molecule has 2 aliphatic rings. The molecule has 1 aromatic rings. The summed E-state index contributed by atoms with van der Waals surface area (Å²) in [6.45, 7) is 2.03. The molecule has 0 bridgehead atoms. The summed E-state index contributed by atoms with van der Waals surface area (Å²) < 4.78 is 13.6. The lowest BCUT2D eigenvalue weighted by atomic mass is 9.75. The Morgan fingerprint density at radius 3 is 2.70 bits per heavy atom. The average molecular weight is 292 g/mol. The molecule has 0 amide bonds. The van der Waals surface area contributed by atoms with E-state index >= 15 is 0 Å². The summed E-state index contributed by atoms with van der Waals surface area (Å²) in [5, 5.41) is 3.72. The molecule has 1 saturated carbocycles. The van der Waals surface area contributed by atoms with Gasteiger partial charge in [0.25, 0.3) is 0 Å². The highest BCUT2D eigenvalue weighted by atomic mass is 32.1. The molecule has 1 aliphatic carbocycles. The molecule has 2 atom stereocenters. The molecule has 3 rings (SSSR count). The van der Waals surface area contributed by atoms with Crippen molar-refractivity contribution >= 4 is 23.0 Å². The molecular formula is C16H21FN2S. The summed E-state index contributed by atoms with van der Waals surface area (Å²) in [7, 11) is 0. The molecule has 1 saturated heterocycles. The maximum Gasteiger partial charge on any atom is 0.173 e. The molecule has 0 radical (unpaired) electrons. The van der Waals surface area contributed by atoms with Gasteiger partial charge in [-0.1, -0.05) is 31.4 Å². The van der Waals surface area contributed by atoms with Crippen molar-refractivity contribution in [2.45, 2.75) is 32.1 Å².